The van der Waals surface area contributed by atoms with Gasteiger partial charge in [-0.1, -0.05) is 24.3 Å². The second kappa shape index (κ2) is 9.29. The molecule has 36 heavy (non-hydrogen) atoms. The van der Waals surface area contributed by atoms with E-state index in [9.17, 15) is 5.11 Å². The molecule has 1 fully saturated rings. The van der Waals surface area contributed by atoms with Crippen LogP contribution in [-0.2, 0) is 0 Å². The van der Waals surface area contributed by atoms with Crippen molar-refractivity contribution >= 4 is 33.7 Å². The third-order valence-corrected chi connectivity index (χ3v) is 7.11. The van der Waals surface area contributed by atoms with E-state index in [1.54, 1.807) is 6.20 Å². The minimum absolute atomic E-state index is 0.0669. The average molecular weight is 482 g/mol. The number of fused-ring (bicyclic) bond motifs is 2. The molecule has 1 unspecified atom stereocenters. The minimum atomic E-state index is -0.920. The van der Waals surface area contributed by atoms with Crippen molar-refractivity contribution in [3.63, 3.8) is 0 Å². The fourth-order valence-corrected chi connectivity index (χ4v) is 5.04. The third-order valence-electron chi connectivity index (χ3n) is 7.11. The Morgan fingerprint density at radius 1 is 1.03 bits per heavy atom. The standard InChI is InChI=1S/C28H31N7O/c1-18(21-8-5-6-12-29-21)30-26-20-7-3-4-9-22(20)33-28(36)25(26)27-31-23-11-10-19(17-24(23)32-27)35-15-13-34(2)14-16-35/h3-12,17-18,28,30,33,36H,13-16H2,1-2H3,(H,31,32)/t18-,28?/m1/s1. The molecule has 8 nitrogen and oxygen atoms in total. The topological polar surface area (TPSA) is 92.3 Å². The number of aromatic amines is 1. The Hall–Kier alpha value is -3.88. The fourth-order valence-electron chi connectivity index (χ4n) is 5.04. The van der Waals surface area contributed by atoms with Crippen LogP contribution in [0.3, 0.4) is 0 Å². The molecule has 2 aromatic carbocycles. The number of para-hydroxylation sites is 1. The number of nitrogens with zero attached hydrogens (tertiary/aromatic N) is 4. The number of aromatic nitrogens is 3. The van der Waals surface area contributed by atoms with Crippen LogP contribution in [-0.4, -0.2) is 64.4 Å². The predicted molar refractivity (Wildman–Crippen MR) is 144 cm³/mol. The van der Waals surface area contributed by atoms with Gasteiger partial charge in [0, 0.05) is 49.3 Å². The molecule has 4 aromatic rings. The number of rotatable bonds is 5. The molecule has 6 rings (SSSR count). The van der Waals surface area contributed by atoms with Crippen molar-refractivity contribution in [3.8, 4) is 0 Å². The van der Waals surface area contributed by atoms with E-state index in [4.69, 9.17) is 4.98 Å². The fraction of sp³-hybridized carbons (Fsp3) is 0.286. The normalized spacial score (nSPS) is 19.2. The summed E-state index contributed by atoms with van der Waals surface area (Å²) in [5.74, 6) is 0.644. The van der Waals surface area contributed by atoms with Crippen LogP contribution in [0.1, 0.15) is 30.0 Å². The maximum absolute atomic E-state index is 11.2. The highest BCUT2D eigenvalue weighted by atomic mass is 16.3. The second-order valence-electron chi connectivity index (χ2n) is 9.58. The molecule has 2 atom stereocenters. The van der Waals surface area contributed by atoms with E-state index in [1.807, 2.05) is 36.4 Å². The molecule has 4 heterocycles. The molecule has 2 aliphatic rings. The largest absolute Gasteiger partial charge is 0.376 e. The van der Waals surface area contributed by atoms with E-state index in [1.165, 1.54) is 5.69 Å². The number of aliphatic hydroxyl groups excluding tert-OH is 1. The predicted octanol–water partition coefficient (Wildman–Crippen LogP) is 3.67. The van der Waals surface area contributed by atoms with Crippen molar-refractivity contribution in [3.05, 3.63) is 83.9 Å². The van der Waals surface area contributed by atoms with Crippen LogP contribution >= 0.6 is 0 Å². The molecule has 184 valence electrons. The Kier molecular flexibility index (Phi) is 5.83. The Bertz CT molecular complexity index is 1410. The highest BCUT2D eigenvalue weighted by Gasteiger charge is 2.30. The molecular formula is C28H31N7O. The number of anilines is 2. The summed E-state index contributed by atoms with van der Waals surface area (Å²) in [6.45, 7) is 6.20. The van der Waals surface area contributed by atoms with Crippen LogP contribution in [0.15, 0.2) is 66.9 Å². The van der Waals surface area contributed by atoms with Crippen molar-refractivity contribution in [1.29, 1.82) is 0 Å². The number of imidazole rings is 1. The van der Waals surface area contributed by atoms with Crippen LogP contribution in [0, 0.1) is 0 Å². The number of nitrogens with one attached hydrogen (secondary N) is 3. The van der Waals surface area contributed by atoms with Gasteiger partial charge in [0.2, 0.25) is 0 Å². The highest BCUT2D eigenvalue weighted by molar-refractivity contribution is 5.98. The highest BCUT2D eigenvalue weighted by Crippen LogP contribution is 2.37. The molecule has 0 amide bonds. The smallest absolute Gasteiger partial charge is 0.156 e. The van der Waals surface area contributed by atoms with Gasteiger partial charge in [0.15, 0.2) is 6.23 Å². The van der Waals surface area contributed by atoms with Crippen molar-refractivity contribution in [1.82, 2.24) is 25.2 Å². The van der Waals surface area contributed by atoms with Crippen LogP contribution in [0.25, 0.3) is 22.3 Å². The Morgan fingerprint density at radius 3 is 2.64 bits per heavy atom. The van der Waals surface area contributed by atoms with Gasteiger partial charge >= 0.3 is 0 Å². The van der Waals surface area contributed by atoms with Crippen molar-refractivity contribution < 1.29 is 5.11 Å². The number of likely N-dealkylation sites (N-methyl/N-ethyl adjacent to an activating group) is 1. The first kappa shape index (κ1) is 22.6. The maximum atomic E-state index is 11.2. The van der Waals surface area contributed by atoms with Crippen molar-refractivity contribution in [2.75, 3.05) is 43.4 Å². The van der Waals surface area contributed by atoms with Crippen LogP contribution in [0.5, 0.6) is 0 Å². The van der Waals surface area contributed by atoms with E-state index >= 15 is 0 Å². The maximum Gasteiger partial charge on any atom is 0.156 e. The Morgan fingerprint density at radius 2 is 1.83 bits per heavy atom. The lowest BCUT2D eigenvalue weighted by Gasteiger charge is -2.34. The zero-order valence-corrected chi connectivity index (χ0v) is 20.6. The van der Waals surface area contributed by atoms with Gasteiger partial charge in [0.05, 0.1) is 34.0 Å². The Labute approximate surface area is 210 Å². The summed E-state index contributed by atoms with van der Waals surface area (Å²) in [5.41, 5.74) is 7.33. The van der Waals surface area contributed by atoms with Gasteiger partial charge in [-0.15, -0.1) is 0 Å². The number of piperazine rings is 1. The lowest BCUT2D eigenvalue weighted by atomic mass is 9.97. The number of aliphatic hydroxyl groups is 1. The number of pyridine rings is 1. The van der Waals surface area contributed by atoms with Crippen LogP contribution in [0.2, 0.25) is 0 Å². The molecule has 2 aromatic heterocycles. The van der Waals surface area contributed by atoms with Crippen LogP contribution < -0.4 is 15.5 Å². The summed E-state index contributed by atoms with van der Waals surface area (Å²) in [4.78, 5) is 17.7. The zero-order valence-electron chi connectivity index (χ0n) is 20.6. The SMILES string of the molecule is C[C@@H](NC1=C(c2nc3ccc(N4CCN(C)CC4)cc3[nH]2)C(O)Nc2ccccc21)c1ccccn1. The molecule has 2 aliphatic heterocycles. The molecule has 8 heteroatoms. The second-order valence-corrected chi connectivity index (χ2v) is 9.58. The Balaban J connectivity index is 1.42. The molecule has 4 N–H and O–H groups in total. The van der Waals surface area contributed by atoms with Gasteiger partial charge in [0.25, 0.3) is 0 Å². The summed E-state index contributed by atoms with van der Waals surface area (Å²) >= 11 is 0. The summed E-state index contributed by atoms with van der Waals surface area (Å²) in [6.07, 6.45) is 0.876. The van der Waals surface area contributed by atoms with E-state index < -0.39 is 6.23 Å². The van der Waals surface area contributed by atoms with Gasteiger partial charge in [0.1, 0.15) is 5.82 Å². The summed E-state index contributed by atoms with van der Waals surface area (Å²) in [7, 11) is 2.16. The first-order valence-corrected chi connectivity index (χ1v) is 12.5. The molecule has 0 spiro atoms. The lowest BCUT2D eigenvalue weighted by molar-refractivity contribution is 0.259. The minimum Gasteiger partial charge on any atom is -0.376 e. The summed E-state index contributed by atoms with van der Waals surface area (Å²) < 4.78 is 0. The van der Waals surface area contributed by atoms with Gasteiger partial charge in [-0.3, -0.25) is 4.98 Å². The zero-order chi connectivity index (χ0) is 24.6. The molecule has 0 saturated carbocycles. The van der Waals surface area contributed by atoms with E-state index in [2.05, 4.69) is 68.6 Å². The van der Waals surface area contributed by atoms with Crippen molar-refractivity contribution in [2.24, 2.45) is 0 Å². The van der Waals surface area contributed by atoms with Crippen LogP contribution in [0.4, 0.5) is 11.4 Å². The number of H-pyrrole nitrogens is 1. The van der Waals surface area contributed by atoms with E-state index in [0.717, 1.165) is 59.9 Å². The monoisotopic (exact) mass is 481 g/mol. The van der Waals surface area contributed by atoms with Crippen molar-refractivity contribution in [2.45, 2.75) is 19.2 Å². The first-order valence-electron chi connectivity index (χ1n) is 12.5. The molecule has 0 radical (unpaired) electrons. The summed E-state index contributed by atoms with van der Waals surface area (Å²) in [5, 5.41) is 18.1. The number of hydrogen-bond acceptors (Lipinski definition) is 7. The summed E-state index contributed by atoms with van der Waals surface area (Å²) in [6, 6.07) is 20.2. The van der Waals surface area contributed by atoms with Gasteiger partial charge in [-0.25, -0.2) is 4.98 Å². The molecule has 1 saturated heterocycles. The quantitative estimate of drug-likeness (QED) is 0.346. The van der Waals surface area contributed by atoms with Gasteiger partial charge in [-0.2, -0.15) is 0 Å². The van der Waals surface area contributed by atoms with E-state index in [-0.39, 0.29) is 6.04 Å². The molecule has 0 aliphatic carbocycles. The van der Waals surface area contributed by atoms with Gasteiger partial charge < -0.3 is 30.5 Å². The molecule has 0 bridgehead atoms. The third kappa shape index (κ3) is 4.19. The average Bonchev–Trinajstić information content (AvgIpc) is 3.32. The number of benzene rings is 2. The van der Waals surface area contributed by atoms with Gasteiger partial charge in [-0.05, 0) is 50.4 Å². The van der Waals surface area contributed by atoms with E-state index in [0.29, 0.717) is 11.4 Å². The first-order chi connectivity index (χ1) is 17.6. The lowest BCUT2D eigenvalue weighted by Crippen LogP contribution is -2.44. The number of hydrogen-bond donors (Lipinski definition) is 4. The molecular weight excluding hydrogens is 450 g/mol.